The third kappa shape index (κ3) is 7.49. The highest BCUT2D eigenvalue weighted by atomic mass is 79.9. The molecule has 0 saturated heterocycles. The molecule has 0 atom stereocenters. The van der Waals surface area contributed by atoms with Crippen molar-refractivity contribution in [2.75, 3.05) is 19.6 Å². The molecule has 0 aliphatic carbocycles. The molecule has 0 spiro atoms. The lowest BCUT2D eigenvalue weighted by molar-refractivity contribution is 0.0954. The predicted octanol–water partition coefficient (Wildman–Crippen LogP) is 2.07. The lowest BCUT2D eigenvalue weighted by Gasteiger charge is -2.07. The van der Waals surface area contributed by atoms with Crippen molar-refractivity contribution in [2.24, 2.45) is 10.7 Å². The summed E-state index contributed by atoms with van der Waals surface area (Å²) in [5.41, 5.74) is 6.26. The summed E-state index contributed by atoms with van der Waals surface area (Å²) in [4.78, 5) is 15.8. The molecule has 0 heterocycles. The van der Waals surface area contributed by atoms with Crippen LogP contribution in [0.15, 0.2) is 33.7 Å². The van der Waals surface area contributed by atoms with Crippen LogP contribution in [-0.2, 0) is 0 Å². The van der Waals surface area contributed by atoms with E-state index in [2.05, 4.69) is 31.6 Å². The number of nitrogens with zero attached hydrogens (tertiary/aromatic N) is 1. The Morgan fingerprint density at radius 2 is 1.85 bits per heavy atom. The van der Waals surface area contributed by atoms with Gasteiger partial charge < -0.3 is 16.4 Å². The zero-order chi connectivity index (χ0) is 14.1. The van der Waals surface area contributed by atoms with Gasteiger partial charge in [-0.25, -0.2) is 0 Å². The molecule has 0 saturated carbocycles. The SMILES string of the molecule is Br.CCCN=C(N)NCCNC(=O)c1ccc(Br)cc1. The van der Waals surface area contributed by atoms with Crippen molar-refractivity contribution in [3.8, 4) is 0 Å². The minimum atomic E-state index is -0.0987. The molecule has 1 rings (SSSR count). The minimum absolute atomic E-state index is 0. The Kier molecular flexibility index (Phi) is 10.1. The van der Waals surface area contributed by atoms with Gasteiger partial charge in [-0.2, -0.15) is 0 Å². The summed E-state index contributed by atoms with van der Waals surface area (Å²) < 4.78 is 0.950. The normalized spacial score (nSPS) is 10.6. The van der Waals surface area contributed by atoms with Crippen LogP contribution in [-0.4, -0.2) is 31.5 Å². The summed E-state index contributed by atoms with van der Waals surface area (Å²) in [7, 11) is 0. The van der Waals surface area contributed by atoms with Gasteiger partial charge in [-0.3, -0.25) is 9.79 Å². The molecule has 5 nitrogen and oxygen atoms in total. The van der Waals surface area contributed by atoms with Gasteiger partial charge in [0, 0.05) is 29.7 Å². The molecule has 0 bridgehead atoms. The van der Waals surface area contributed by atoms with Crippen LogP contribution >= 0.6 is 32.9 Å². The molecule has 0 unspecified atom stereocenters. The fourth-order valence-electron chi connectivity index (χ4n) is 1.36. The predicted molar refractivity (Wildman–Crippen MR) is 91.6 cm³/mol. The number of nitrogens with one attached hydrogen (secondary N) is 2. The average molecular weight is 408 g/mol. The highest BCUT2D eigenvalue weighted by Crippen LogP contribution is 2.10. The van der Waals surface area contributed by atoms with Gasteiger partial charge >= 0.3 is 0 Å². The maximum atomic E-state index is 11.8. The number of carbonyl (C=O) groups is 1. The summed E-state index contributed by atoms with van der Waals surface area (Å²) in [6.45, 7) is 3.80. The van der Waals surface area contributed by atoms with Crippen LogP contribution in [0.5, 0.6) is 0 Å². The van der Waals surface area contributed by atoms with E-state index in [0.717, 1.165) is 10.9 Å². The lowest BCUT2D eigenvalue weighted by Crippen LogP contribution is -2.38. The molecule has 0 fully saturated rings. The highest BCUT2D eigenvalue weighted by Gasteiger charge is 2.03. The number of halogens is 2. The number of hydrogen-bond donors (Lipinski definition) is 3. The van der Waals surface area contributed by atoms with Gasteiger partial charge in [0.2, 0.25) is 0 Å². The quantitative estimate of drug-likeness (QED) is 0.383. The number of guanidine groups is 1. The van der Waals surface area contributed by atoms with Crippen LogP contribution in [0, 0.1) is 0 Å². The second kappa shape index (κ2) is 10.7. The van der Waals surface area contributed by atoms with E-state index in [9.17, 15) is 4.79 Å². The first-order valence-electron chi connectivity index (χ1n) is 6.21. The number of benzene rings is 1. The van der Waals surface area contributed by atoms with Crippen molar-refractivity contribution in [3.63, 3.8) is 0 Å². The van der Waals surface area contributed by atoms with E-state index in [0.29, 0.717) is 31.2 Å². The van der Waals surface area contributed by atoms with Crippen LogP contribution in [0.2, 0.25) is 0 Å². The second-order valence-corrected chi connectivity index (χ2v) is 4.87. The summed E-state index contributed by atoms with van der Waals surface area (Å²) >= 11 is 3.33. The first kappa shape index (κ1) is 18.9. The number of amides is 1. The topological polar surface area (TPSA) is 79.5 Å². The summed E-state index contributed by atoms with van der Waals surface area (Å²) in [5, 5.41) is 5.74. The number of nitrogens with two attached hydrogens (primary N) is 1. The van der Waals surface area contributed by atoms with Crippen LogP contribution in [0.3, 0.4) is 0 Å². The summed E-state index contributed by atoms with van der Waals surface area (Å²) in [6.07, 6.45) is 0.961. The Balaban J connectivity index is 0.00000361. The molecule has 1 amide bonds. The van der Waals surface area contributed by atoms with E-state index >= 15 is 0 Å². The monoisotopic (exact) mass is 406 g/mol. The van der Waals surface area contributed by atoms with E-state index in [1.54, 1.807) is 12.1 Å². The minimum Gasteiger partial charge on any atom is -0.370 e. The fourth-order valence-corrected chi connectivity index (χ4v) is 1.62. The zero-order valence-electron chi connectivity index (χ0n) is 11.4. The van der Waals surface area contributed by atoms with Crippen molar-refractivity contribution in [1.82, 2.24) is 10.6 Å². The van der Waals surface area contributed by atoms with Gasteiger partial charge in [-0.15, -0.1) is 17.0 Å². The first-order chi connectivity index (χ1) is 9.13. The molecule has 20 heavy (non-hydrogen) atoms. The largest absolute Gasteiger partial charge is 0.370 e. The molecular formula is C13H20Br2N4O. The Morgan fingerprint density at radius 1 is 1.25 bits per heavy atom. The van der Waals surface area contributed by atoms with E-state index in [4.69, 9.17) is 5.73 Å². The van der Waals surface area contributed by atoms with Gasteiger partial charge in [0.15, 0.2) is 5.96 Å². The molecule has 0 aliphatic rings. The molecular weight excluding hydrogens is 388 g/mol. The van der Waals surface area contributed by atoms with Crippen molar-refractivity contribution >= 4 is 44.8 Å². The summed E-state index contributed by atoms with van der Waals surface area (Å²) in [5.74, 6) is 0.318. The standard InChI is InChI=1S/C13H19BrN4O.BrH/c1-2-7-17-13(15)18-9-8-16-12(19)10-3-5-11(14)6-4-10;/h3-6H,2,7-9H2,1H3,(H,16,19)(H3,15,17,18);1H. The Labute approximate surface area is 138 Å². The first-order valence-corrected chi connectivity index (χ1v) is 7.00. The van der Waals surface area contributed by atoms with Crippen molar-refractivity contribution < 1.29 is 4.79 Å². The van der Waals surface area contributed by atoms with Crippen LogP contribution in [0.25, 0.3) is 0 Å². The maximum absolute atomic E-state index is 11.8. The maximum Gasteiger partial charge on any atom is 0.251 e. The van der Waals surface area contributed by atoms with Crippen molar-refractivity contribution in [1.29, 1.82) is 0 Å². The molecule has 7 heteroatoms. The number of aliphatic imine (C=N–C) groups is 1. The number of rotatable bonds is 6. The van der Waals surface area contributed by atoms with Crippen LogP contribution < -0.4 is 16.4 Å². The van der Waals surface area contributed by atoms with Crippen LogP contribution in [0.4, 0.5) is 0 Å². The van der Waals surface area contributed by atoms with E-state index in [1.807, 2.05) is 19.1 Å². The van der Waals surface area contributed by atoms with Gasteiger partial charge in [0.05, 0.1) is 0 Å². The zero-order valence-corrected chi connectivity index (χ0v) is 14.7. The van der Waals surface area contributed by atoms with E-state index in [1.165, 1.54) is 0 Å². The highest BCUT2D eigenvalue weighted by molar-refractivity contribution is 9.10. The summed E-state index contributed by atoms with van der Waals surface area (Å²) in [6, 6.07) is 7.21. The number of hydrogen-bond acceptors (Lipinski definition) is 2. The van der Waals surface area contributed by atoms with Crippen molar-refractivity contribution in [2.45, 2.75) is 13.3 Å². The van der Waals surface area contributed by atoms with Crippen molar-refractivity contribution in [3.05, 3.63) is 34.3 Å². The molecule has 0 radical (unpaired) electrons. The van der Waals surface area contributed by atoms with E-state index < -0.39 is 0 Å². The molecule has 1 aromatic carbocycles. The third-order valence-electron chi connectivity index (χ3n) is 2.33. The Morgan fingerprint density at radius 3 is 2.45 bits per heavy atom. The van der Waals surface area contributed by atoms with E-state index in [-0.39, 0.29) is 22.9 Å². The van der Waals surface area contributed by atoms with Crippen LogP contribution in [0.1, 0.15) is 23.7 Å². The second-order valence-electron chi connectivity index (χ2n) is 3.96. The Bertz CT molecular complexity index is 435. The Hall–Kier alpha value is -1.08. The van der Waals surface area contributed by atoms with Gasteiger partial charge in [0.1, 0.15) is 0 Å². The number of carbonyl (C=O) groups excluding carboxylic acids is 1. The molecule has 0 aliphatic heterocycles. The molecule has 4 N–H and O–H groups in total. The van der Waals surface area contributed by atoms with Gasteiger partial charge in [0.25, 0.3) is 5.91 Å². The fraction of sp³-hybridized carbons (Fsp3) is 0.385. The van der Waals surface area contributed by atoms with Gasteiger partial charge in [-0.1, -0.05) is 22.9 Å². The lowest BCUT2D eigenvalue weighted by atomic mass is 10.2. The molecule has 1 aromatic rings. The average Bonchev–Trinajstić information content (AvgIpc) is 2.41. The molecule has 112 valence electrons. The third-order valence-corrected chi connectivity index (χ3v) is 2.86. The smallest absolute Gasteiger partial charge is 0.251 e. The molecule has 0 aromatic heterocycles. The van der Waals surface area contributed by atoms with Gasteiger partial charge in [-0.05, 0) is 30.7 Å².